The van der Waals surface area contributed by atoms with Crippen molar-refractivity contribution in [2.24, 2.45) is 0 Å². The lowest BCUT2D eigenvalue weighted by Gasteiger charge is -2.10. The maximum atomic E-state index is 12.4. The highest BCUT2D eigenvalue weighted by molar-refractivity contribution is 6.04. The first-order valence-electron chi connectivity index (χ1n) is 8.86. The third kappa shape index (κ3) is 7.72. The van der Waals surface area contributed by atoms with Gasteiger partial charge in [0.25, 0.3) is 5.91 Å². The number of carbonyl (C=O) groups excluding carboxylic acids is 3. The van der Waals surface area contributed by atoms with Crippen molar-refractivity contribution in [2.75, 3.05) is 13.7 Å². The number of methoxy groups -OCH3 is 1. The molecule has 0 bridgehead atoms. The van der Waals surface area contributed by atoms with Crippen LogP contribution in [0.4, 0.5) is 0 Å². The molecule has 0 spiro atoms. The number of rotatable bonds is 9. The van der Waals surface area contributed by atoms with Crippen LogP contribution in [-0.2, 0) is 14.4 Å². The van der Waals surface area contributed by atoms with Gasteiger partial charge in [-0.3, -0.25) is 9.59 Å². The number of carboxylic acid groups (broad SMARTS) is 1. The van der Waals surface area contributed by atoms with Gasteiger partial charge in [-0.05, 0) is 35.4 Å². The summed E-state index contributed by atoms with van der Waals surface area (Å²) in [5.41, 5.74) is 1.47. The van der Waals surface area contributed by atoms with Crippen molar-refractivity contribution in [2.45, 2.75) is 6.42 Å². The quantitative estimate of drug-likeness (QED) is 0.621. The molecule has 29 heavy (non-hydrogen) atoms. The van der Waals surface area contributed by atoms with Crippen molar-refractivity contribution in [1.29, 1.82) is 0 Å². The summed E-state index contributed by atoms with van der Waals surface area (Å²) in [6.45, 7) is -0.114. The van der Waals surface area contributed by atoms with Gasteiger partial charge < -0.3 is 25.3 Å². The van der Waals surface area contributed by atoms with Crippen LogP contribution in [0, 0.1) is 0 Å². The van der Waals surface area contributed by atoms with Crippen LogP contribution in [0.2, 0.25) is 0 Å². The molecule has 0 fully saturated rings. The fourth-order valence-corrected chi connectivity index (χ4v) is 2.31. The highest BCUT2D eigenvalue weighted by Gasteiger charge is 2.12. The molecule has 0 unspecified atom stereocenters. The predicted octanol–water partition coefficient (Wildman–Crippen LogP) is 1.12. The third-order valence-electron chi connectivity index (χ3n) is 3.77. The maximum absolute atomic E-state index is 12.4. The summed E-state index contributed by atoms with van der Waals surface area (Å²) in [4.78, 5) is 35.2. The number of hydrogen-bond acceptors (Lipinski definition) is 5. The molecule has 2 N–H and O–H groups in total. The Hall–Kier alpha value is -3.87. The van der Waals surface area contributed by atoms with Crippen LogP contribution in [0.3, 0.4) is 0 Å². The second kappa shape index (κ2) is 11.1. The normalized spacial score (nSPS) is 11.1. The molecule has 150 valence electrons. The molecule has 0 saturated carbocycles. The standard InChI is InChI=1S/C22H22N2O5/c1-29-18-10-7-17(8-11-18)15-19(22(28)23-14-13-21(26)27)24-20(25)12-9-16-5-3-2-4-6-16/h2-12,15H,13-14H2,1H3,(H,23,28)(H,24,25)(H,26,27)/p-1/b12-9+,19-15-. The molecule has 0 atom stereocenters. The number of carboxylic acids is 1. The average molecular weight is 393 g/mol. The lowest BCUT2D eigenvalue weighted by atomic mass is 10.1. The minimum atomic E-state index is -1.28. The summed E-state index contributed by atoms with van der Waals surface area (Å²) >= 11 is 0. The second-order valence-corrected chi connectivity index (χ2v) is 5.94. The van der Waals surface area contributed by atoms with Gasteiger partial charge in [-0.2, -0.15) is 0 Å². The van der Waals surface area contributed by atoms with E-state index in [9.17, 15) is 19.5 Å². The smallest absolute Gasteiger partial charge is 0.267 e. The van der Waals surface area contributed by atoms with E-state index in [4.69, 9.17) is 4.74 Å². The van der Waals surface area contributed by atoms with Gasteiger partial charge in [-0.1, -0.05) is 42.5 Å². The SMILES string of the molecule is COc1ccc(/C=C(\NC(=O)/C=C/c2ccccc2)C(=O)NCCC(=O)[O-])cc1. The van der Waals surface area contributed by atoms with E-state index in [0.29, 0.717) is 11.3 Å². The minimum Gasteiger partial charge on any atom is -0.550 e. The first kappa shape index (κ1) is 21.4. The van der Waals surface area contributed by atoms with Gasteiger partial charge in [0.1, 0.15) is 11.4 Å². The van der Waals surface area contributed by atoms with Crippen LogP contribution in [-0.4, -0.2) is 31.4 Å². The van der Waals surface area contributed by atoms with Crippen molar-refractivity contribution >= 4 is 29.9 Å². The van der Waals surface area contributed by atoms with Crippen LogP contribution in [0.25, 0.3) is 12.2 Å². The van der Waals surface area contributed by atoms with Crippen LogP contribution in [0.1, 0.15) is 17.5 Å². The van der Waals surface area contributed by atoms with Crippen molar-refractivity contribution in [3.05, 3.63) is 77.5 Å². The van der Waals surface area contributed by atoms with E-state index < -0.39 is 17.8 Å². The van der Waals surface area contributed by atoms with E-state index in [2.05, 4.69) is 10.6 Å². The molecule has 7 nitrogen and oxygen atoms in total. The van der Waals surface area contributed by atoms with Gasteiger partial charge in [0.2, 0.25) is 5.91 Å². The second-order valence-electron chi connectivity index (χ2n) is 5.94. The molecule has 2 rings (SSSR count). The molecule has 0 aliphatic rings. The number of amides is 2. The zero-order chi connectivity index (χ0) is 21.1. The Labute approximate surface area is 168 Å². The van der Waals surface area contributed by atoms with Gasteiger partial charge in [-0.15, -0.1) is 0 Å². The minimum absolute atomic E-state index is 0.0174. The van der Waals surface area contributed by atoms with Crippen LogP contribution >= 0.6 is 0 Å². The molecular formula is C22H21N2O5-. The van der Waals surface area contributed by atoms with Gasteiger partial charge in [0.05, 0.1) is 7.11 Å². The number of benzene rings is 2. The molecular weight excluding hydrogens is 372 g/mol. The first-order valence-corrected chi connectivity index (χ1v) is 8.86. The Kier molecular flexibility index (Phi) is 8.19. The third-order valence-corrected chi connectivity index (χ3v) is 3.77. The highest BCUT2D eigenvalue weighted by Crippen LogP contribution is 2.13. The number of aliphatic carboxylic acids is 1. The van der Waals surface area contributed by atoms with Crippen molar-refractivity contribution in [1.82, 2.24) is 10.6 Å². The van der Waals surface area contributed by atoms with E-state index in [1.165, 1.54) is 12.2 Å². The van der Waals surface area contributed by atoms with Crippen molar-refractivity contribution in [3.63, 3.8) is 0 Å². The number of carbonyl (C=O) groups is 3. The summed E-state index contributed by atoms with van der Waals surface area (Å²) in [6, 6.07) is 16.1. The Morgan fingerprint density at radius 2 is 1.69 bits per heavy atom. The average Bonchev–Trinajstić information content (AvgIpc) is 2.72. The fraction of sp³-hybridized carbons (Fsp3) is 0.136. The molecule has 0 saturated heterocycles. The Balaban J connectivity index is 2.15. The van der Waals surface area contributed by atoms with E-state index in [1.54, 1.807) is 37.5 Å². The van der Waals surface area contributed by atoms with E-state index >= 15 is 0 Å². The van der Waals surface area contributed by atoms with Crippen LogP contribution in [0.5, 0.6) is 5.75 Å². The number of ether oxygens (including phenoxy) is 1. The molecule has 2 aromatic carbocycles. The molecule has 7 heteroatoms. The Morgan fingerprint density at radius 3 is 2.31 bits per heavy atom. The largest absolute Gasteiger partial charge is 0.550 e. The van der Waals surface area contributed by atoms with Crippen LogP contribution < -0.4 is 20.5 Å². The van der Waals surface area contributed by atoms with Gasteiger partial charge >= 0.3 is 0 Å². The van der Waals surface area contributed by atoms with Crippen molar-refractivity contribution < 1.29 is 24.2 Å². The van der Waals surface area contributed by atoms with E-state index in [-0.39, 0.29) is 18.7 Å². The number of hydrogen-bond donors (Lipinski definition) is 2. The first-order chi connectivity index (χ1) is 14.0. The lowest BCUT2D eigenvalue weighted by Crippen LogP contribution is -2.36. The van der Waals surface area contributed by atoms with Gasteiger partial charge in [0, 0.05) is 25.0 Å². The maximum Gasteiger partial charge on any atom is 0.267 e. The monoisotopic (exact) mass is 393 g/mol. The summed E-state index contributed by atoms with van der Waals surface area (Å²) in [7, 11) is 1.54. The summed E-state index contributed by atoms with van der Waals surface area (Å²) in [5.74, 6) is -1.73. The fourth-order valence-electron chi connectivity index (χ4n) is 2.31. The lowest BCUT2D eigenvalue weighted by molar-refractivity contribution is -0.305. The molecule has 0 aromatic heterocycles. The molecule has 2 amide bonds. The van der Waals surface area contributed by atoms with Gasteiger partial charge in [0.15, 0.2) is 0 Å². The highest BCUT2D eigenvalue weighted by atomic mass is 16.5. The topological polar surface area (TPSA) is 108 Å². The zero-order valence-electron chi connectivity index (χ0n) is 15.9. The van der Waals surface area contributed by atoms with E-state index in [0.717, 1.165) is 5.56 Å². The Morgan fingerprint density at radius 1 is 1.00 bits per heavy atom. The van der Waals surface area contributed by atoms with Crippen LogP contribution in [0.15, 0.2) is 66.4 Å². The molecule has 0 heterocycles. The summed E-state index contributed by atoms with van der Waals surface area (Å²) in [5, 5.41) is 15.5. The van der Waals surface area contributed by atoms with Crippen molar-refractivity contribution in [3.8, 4) is 5.75 Å². The number of nitrogens with one attached hydrogen (secondary N) is 2. The summed E-state index contributed by atoms with van der Waals surface area (Å²) < 4.78 is 5.10. The molecule has 2 aromatic rings. The van der Waals surface area contributed by atoms with E-state index in [1.807, 2.05) is 30.3 Å². The predicted molar refractivity (Wildman–Crippen MR) is 107 cm³/mol. The summed E-state index contributed by atoms with van der Waals surface area (Å²) in [6.07, 6.45) is 4.09. The van der Waals surface area contributed by atoms with Gasteiger partial charge in [-0.25, -0.2) is 0 Å². The zero-order valence-corrected chi connectivity index (χ0v) is 15.9. The molecule has 0 aliphatic carbocycles. The molecule has 0 radical (unpaired) electrons. The molecule has 0 aliphatic heterocycles. The Bertz CT molecular complexity index is 903.